The normalized spacial score (nSPS) is 10.5. The third kappa shape index (κ3) is 7.16. The maximum atomic E-state index is 12.3. The summed E-state index contributed by atoms with van der Waals surface area (Å²) in [5, 5.41) is 14.1. The number of rotatable bonds is 10. The third-order valence-electron chi connectivity index (χ3n) is 4.32. The topological polar surface area (TPSA) is 102 Å². The number of nitrogens with zero attached hydrogens (tertiary/aromatic N) is 2. The third-order valence-corrected chi connectivity index (χ3v) is 5.22. The number of hydrogen-bond acceptors (Lipinski definition) is 7. The molecule has 3 aromatic rings. The number of ether oxygens (including phenoxy) is 2. The van der Waals surface area contributed by atoms with Crippen LogP contribution in [0.1, 0.15) is 25.9 Å². The van der Waals surface area contributed by atoms with E-state index in [1.54, 1.807) is 31.4 Å². The number of nitrogens with one attached hydrogen (secondary N) is 2. The maximum Gasteiger partial charge on any atom is 0.286 e. The van der Waals surface area contributed by atoms with E-state index in [1.807, 2.05) is 19.1 Å². The number of aryl methyl sites for hydroxylation is 1. The molecule has 0 aliphatic rings. The monoisotopic (exact) mass is 440 g/mol. The van der Waals surface area contributed by atoms with Crippen molar-refractivity contribution in [1.29, 1.82) is 0 Å². The van der Waals surface area contributed by atoms with E-state index in [0.29, 0.717) is 23.0 Å². The average molecular weight is 441 g/mol. The van der Waals surface area contributed by atoms with Crippen molar-refractivity contribution in [2.75, 3.05) is 25.6 Å². The number of aromatic nitrogens is 2. The molecule has 0 aliphatic carbocycles. The number of carbonyl (C=O) groups excluding carboxylic acids is 2. The van der Waals surface area contributed by atoms with Crippen LogP contribution in [-0.2, 0) is 22.6 Å². The van der Waals surface area contributed by atoms with Gasteiger partial charge in [-0.3, -0.25) is 9.59 Å². The average Bonchev–Trinajstić information content (AvgIpc) is 3.25. The summed E-state index contributed by atoms with van der Waals surface area (Å²) in [5.41, 5.74) is 3.00. The number of amides is 2. The summed E-state index contributed by atoms with van der Waals surface area (Å²) in [5.74, 6) is 0.143. The number of carbonyl (C=O) groups is 2. The standard InChI is InChI=1S/C22H24N4O4S/c1-15-3-5-16(6-4-15)11-12-23-19(27)13-30-14-20-25-26-22(31-20)21(28)24-17-7-9-18(29-2)10-8-17/h3-10H,11-14H2,1-2H3,(H,23,27)(H,24,28). The highest BCUT2D eigenvalue weighted by atomic mass is 32.1. The van der Waals surface area contributed by atoms with E-state index in [4.69, 9.17) is 9.47 Å². The SMILES string of the molecule is COc1ccc(NC(=O)c2nnc(COCC(=O)NCCc3ccc(C)cc3)s2)cc1. The summed E-state index contributed by atoms with van der Waals surface area (Å²) in [4.78, 5) is 24.2. The van der Waals surface area contributed by atoms with Gasteiger partial charge >= 0.3 is 0 Å². The second kappa shape index (κ2) is 11.2. The summed E-state index contributed by atoms with van der Waals surface area (Å²) in [6.07, 6.45) is 0.759. The molecule has 0 radical (unpaired) electrons. The predicted octanol–water partition coefficient (Wildman–Crippen LogP) is 2.98. The van der Waals surface area contributed by atoms with Gasteiger partial charge in [0.1, 0.15) is 24.0 Å². The largest absolute Gasteiger partial charge is 0.497 e. The van der Waals surface area contributed by atoms with Crippen LogP contribution in [0.5, 0.6) is 5.75 Å². The van der Waals surface area contributed by atoms with E-state index in [9.17, 15) is 9.59 Å². The second-order valence-corrected chi connectivity index (χ2v) is 7.82. The zero-order valence-corrected chi connectivity index (χ0v) is 18.2. The summed E-state index contributed by atoms with van der Waals surface area (Å²) in [7, 11) is 1.58. The van der Waals surface area contributed by atoms with Gasteiger partial charge in [0.15, 0.2) is 0 Å². The lowest BCUT2D eigenvalue weighted by molar-refractivity contribution is -0.126. The molecule has 9 heteroatoms. The molecule has 1 heterocycles. The highest BCUT2D eigenvalue weighted by Crippen LogP contribution is 2.17. The Balaban J connectivity index is 1.36. The zero-order valence-electron chi connectivity index (χ0n) is 17.4. The molecule has 0 spiro atoms. The molecule has 2 N–H and O–H groups in total. The molecule has 0 saturated carbocycles. The summed E-state index contributed by atoms with van der Waals surface area (Å²) in [6, 6.07) is 15.2. The first-order valence-electron chi connectivity index (χ1n) is 9.71. The van der Waals surface area contributed by atoms with Gasteiger partial charge in [-0.1, -0.05) is 41.2 Å². The molecule has 0 saturated heterocycles. The lowest BCUT2D eigenvalue weighted by Gasteiger charge is -2.06. The molecule has 3 rings (SSSR count). The number of hydrogen-bond donors (Lipinski definition) is 2. The predicted molar refractivity (Wildman–Crippen MR) is 118 cm³/mol. The van der Waals surface area contributed by atoms with E-state index in [0.717, 1.165) is 17.8 Å². The summed E-state index contributed by atoms with van der Waals surface area (Å²) in [6.45, 7) is 2.61. The summed E-state index contributed by atoms with van der Waals surface area (Å²) < 4.78 is 10.5. The Hall–Kier alpha value is -3.30. The van der Waals surface area contributed by atoms with Crippen molar-refractivity contribution in [3.8, 4) is 5.75 Å². The fourth-order valence-electron chi connectivity index (χ4n) is 2.65. The second-order valence-electron chi connectivity index (χ2n) is 6.76. The van der Waals surface area contributed by atoms with Gasteiger partial charge < -0.3 is 20.1 Å². The molecule has 2 aromatic carbocycles. The van der Waals surface area contributed by atoms with Crippen molar-refractivity contribution >= 4 is 28.8 Å². The van der Waals surface area contributed by atoms with Crippen LogP contribution >= 0.6 is 11.3 Å². The summed E-state index contributed by atoms with van der Waals surface area (Å²) >= 11 is 1.12. The maximum absolute atomic E-state index is 12.3. The number of methoxy groups -OCH3 is 1. The van der Waals surface area contributed by atoms with Crippen LogP contribution in [0, 0.1) is 6.92 Å². The first-order chi connectivity index (χ1) is 15.0. The minimum absolute atomic E-state index is 0.0825. The van der Waals surface area contributed by atoms with Crippen LogP contribution in [0.25, 0.3) is 0 Å². The van der Waals surface area contributed by atoms with Gasteiger partial charge in [0.25, 0.3) is 5.91 Å². The molecular weight excluding hydrogens is 416 g/mol. The van der Waals surface area contributed by atoms with Gasteiger partial charge in [-0.15, -0.1) is 10.2 Å². The van der Waals surface area contributed by atoms with Crippen molar-refractivity contribution in [3.63, 3.8) is 0 Å². The van der Waals surface area contributed by atoms with Gasteiger partial charge in [0, 0.05) is 12.2 Å². The minimum Gasteiger partial charge on any atom is -0.497 e. The van der Waals surface area contributed by atoms with Crippen LogP contribution in [0.15, 0.2) is 48.5 Å². The lowest BCUT2D eigenvalue weighted by atomic mass is 10.1. The minimum atomic E-state index is -0.359. The molecule has 0 unspecified atom stereocenters. The Bertz CT molecular complexity index is 1000. The first kappa shape index (κ1) is 22.4. The Morgan fingerprint density at radius 2 is 1.77 bits per heavy atom. The highest BCUT2D eigenvalue weighted by Gasteiger charge is 2.13. The van der Waals surface area contributed by atoms with E-state index in [-0.39, 0.29) is 30.0 Å². The van der Waals surface area contributed by atoms with Crippen molar-refractivity contribution in [3.05, 3.63) is 69.7 Å². The fraction of sp³-hybridized carbons (Fsp3) is 0.273. The van der Waals surface area contributed by atoms with Crippen molar-refractivity contribution < 1.29 is 19.1 Å². The number of benzene rings is 2. The smallest absolute Gasteiger partial charge is 0.286 e. The van der Waals surface area contributed by atoms with Gasteiger partial charge in [0.05, 0.1) is 7.11 Å². The van der Waals surface area contributed by atoms with Gasteiger partial charge in [-0.05, 0) is 43.2 Å². The molecule has 1 aromatic heterocycles. The van der Waals surface area contributed by atoms with Crippen molar-refractivity contribution in [1.82, 2.24) is 15.5 Å². The molecule has 2 amide bonds. The van der Waals surface area contributed by atoms with Crippen LogP contribution in [0.3, 0.4) is 0 Å². The molecule has 0 fully saturated rings. The molecular formula is C22H24N4O4S. The molecule has 8 nitrogen and oxygen atoms in total. The van der Waals surface area contributed by atoms with Gasteiger partial charge in [0.2, 0.25) is 10.9 Å². The van der Waals surface area contributed by atoms with E-state index < -0.39 is 0 Å². The molecule has 0 atom stereocenters. The van der Waals surface area contributed by atoms with Crippen LogP contribution < -0.4 is 15.4 Å². The Kier molecular flexibility index (Phi) is 8.08. The van der Waals surface area contributed by atoms with Gasteiger partial charge in [-0.2, -0.15) is 0 Å². The van der Waals surface area contributed by atoms with Crippen LogP contribution in [-0.4, -0.2) is 42.3 Å². The molecule has 0 bridgehead atoms. The first-order valence-corrected chi connectivity index (χ1v) is 10.5. The fourth-order valence-corrected chi connectivity index (χ4v) is 3.32. The van der Waals surface area contributed by atoms with Crippen LogP contribution in [0.2, 0.25) is 0 Å². The van der Waals surface area contributed by atoms with E-state index in [2.05, 4.69) is 33.0 Å². The van der Waals surface area contributed by atoms with Crippen molar-refractivity contribution in [2.24, 2.45) is 0 Å². The number of anilines is 1. The quantitative estimate of drug-likeness (QED) is 0.503. The van der Waals surface area contributed by atoms with E-state index >= 15 is 0 Å². The molecule has 0 aliphatic heterocycles. The molecule has 162 valence electrons. The zero-order chi connectivity index (χ0) is 22.1. The van der Waals surface area contributed by atoms with Crippen molar-refractivity contribution in [2.45, 2.75) is 20.0 Å². The molecule has 31 heavy (non-hydrogen) atoms. The van der Waals surface area contributed by atoms with Crippen LogP contribution in [0.4, 0.5) is 5.69 Å². The Morgan fingerprint density at radius 1 is 1.03 bits per heavy atom. The van der Waals surface area contributed by atoms with E-state index in [1.165, 1.54) is 11.1 Å². The Labute approximate surface area is 184 Å². The lowest BCUT2D eigenvalue weighted by Crippen LogP contribution is -2.29. The Morgan fingerprint density at radius 3 is 2.48 bits per heavy atom. The van der Waals surface area contributed by atoms with Gasteiger partial charge in [-0.25, -0.2) is 0 Å². The highest BCUT2D eigenvalue weighted by molar-refractivity contribution is 7.13.